The van der Waals surface area contributed by atoms with E-state index in [1.54, 1.807) is 12.3 Å². The molecule has 0 aliphatic heterocycles. The molecule has 2 nitrogen and oxygen atoms in total. The minimum Gasteiger partial charge on any atom is -0.378 e. The fourth-order valence-electron chi connectivity index (χ4n) is 2.39. The molecule has 4 heteroatoms. The SMILES string of the molecule is CC(Nc1cccc2ncccc12)c1ccc(Cl)cc1Cl. The van der Waals surface area contributed by atoms with Gasteiger partial charge in [-0.15, -0.1) is 0 Å². The van der Waals surface area contributed by atoms with Crippen LogP contribution in [0.1, 0.15) is 18.5 Å². The molecular formula is C17H14Cl2N2. The van der Waals surface area contributed by atoms with Gasteiger partial charge in [0, 0.05) is 27.3 Å². The van der Waals surface area contributed by atoms with Crippen molar-refractivity contribution in [2.24, 2.45) is 0 Å². The van der Waals surface area contributed by atoms with Crippen molar-refractivity contribution in [1.82, 2.24) is 4.98 Å². The van der Waals surface area contributed by atoms with E-state index in [0.717, 1.165) is 22.2 Å². The van der Waals surface area contributed by atoms with Crippen LogP contribution in [0.15, 0.2) is 54.7 Å². The average molecular weight is 317 g/mol. The van der Waals surface area contributed by atoms with E-state index in [1.807, 2.05) is 36.4 Å². The van der Waals surface area contributed by atoms with Crippen LogP contribution >= 0.6 is 23.2 Å². The third-order valence-electron chi connectivity index (χ3n) is 3.45. The quantitative estimate of drug-likeness (QED) is 0.669. The number of rotatable bonds is 3. The maximum Gasteiger partial charge on any atom is 0.0722 e. The maximum absolute atomic E-state index is 6.27. The molecule has 2 aromatic carbocycles. The number of benzene rings is 2. The van der Waals surface area contributed by atoms with Gasteiger partial charge in [-0.3, -0.25) is 4.98 Å². The molecule has 0 aliphatic carbocycles. The molecule has 0 spiro atoms. The first-order valence-corrected chi connectivity index (χ1v) is 7.46. The summed E-state index contributed by atoms with van der Waals surface area (Å²) in [6, 6.07) is 15.7. The Labute approximate surface area is 133 Å². The molecule has 1 aromatic heterocycles. The highest BCUT2D eigenvalue weighted by Crippen LogP contribution is 2.30. The lowest BCUT2D eigenvalue weighted by Crippen LogP contribution is -2.07. The summed E-state index contributed by atoms with van der Waals surface area (Å²) in [7, 11) is 0. The summed E-state index contributed by atoms with van der Waals surface area (Å²) in [6.07, 6.45) is 1.80. The molecule has 21 heavy (non-hydrogen) atoms. The van der Waals surface area contributed by atoms with Gasteiger partial charge in [0.25, 0.3) is 0 Å². The maximum atomic E-state index is 6.27. The summed E-state index contributed by atoms with van der Waals surface area (Å²) >= 11 is 12.2. The van der Waals surface area contributed by atoms with Crippen LogP contribution in [0.2, 0.25) is 10.0 Å². The normalized spacial score (nSPS) is 12.3. The van der Waals surface area contributed by atoms with Crippen molar-refractivity contribution in [2.75, 3.05) is 5.32 Å². The molecule has 0 amide bonds. The van der Waals surface area contributed by atoms with Gasteiger partial charge in [-0.25, -0.2) is 0 Å². The summed E-state index contributed by atoms with van der Waals surface area (Å²) in [5.41, 5.74) is 3.03. The fraction of sp³-hybridized carbons (Fsp3) is 0.118. The Hall–Kier alpha value is -1.77. The van der Waals surface area contributed by atoms with E-state index in [-0.39, 0.29) is 6.04 Å². The van der Waals surface area contributed by atoms with E-state index in [2.05, 4.69) is 23.3 Å². The summed E-state index contributed by atoms with van der Waals surface area (Å²) in [5, 5.41) is 5.90. The largest absolute Gasteiger partial charge is 0.378 e. The molecule has 1 N–H and O–H groups in total. The second-order valence-electron chi connectivity index (χ2n) is 4.91. The summed E-state index contributed by atoms with van der Waals surface area (Å²) in [6.45, 7) is 2.07. The van der Waals surface area contributed by atoms with Gasteiger partial charge >= 0.3 is 0 Å². The molecule has 0 saturated carbocycles. The average Bonchev–Trinajstić information content (AvgIpc) is 2.47. The van der Waals surface area contributed by atoms with Crippen LogP contribution in [0.4, 0.5) is 5.69 Å². The topological polar surface area (TPSA) is 24.9 Å². The first kappa shape index (κ1) is 14.2. The second kappa shape index (κ2) is 5.92. The van der Waals surface area contributed by atoms with E-state index in [0.29, 0.717) is 10.0 Å². The van der Waals surface area contributed by atoms with Crippen LogP contribution < -0.4 is 5.32 Å². The van der Waals surface area contributed by atoms with E-state index >= 15 is 0 Å². The van der Waals surface area contributed by atoms with Crippen LogP contribution in [-0.2, 0) is 0 Å². The Morgan fingerprint density at radius 3 is 2.71 bits per heavy atom. The zero-order valence-electron chi connectivity index (χ0n) is 11.5. The first-order chi connectivity index (χ1) is 10.1. The number of fused-ring (bicyclic) bond motifs is 1. The number of nitrogens with zero attached hydrogens (tertiary/aromatic N) is 1. The number of anilines is 1. The van der Waals surface area contributed by atoms with Crippen molar-refractivity contribution < 1.29 is 0 Å². The minimum atomic E-state index is 0.0700. The Kier molecular flexibility index (Phi) is 4.00. The van der Waals surface area contributed by atoms with E-state index in [4.69, 9.17) is 23.2 Å². The number of aromatic nitrogens is 1. The monoisotopic (exact) mass is 316 g/mol. The highest BCUT2D eigenvalue weighted by Gasteiger charge is 2.11. The number of nitrogens with one attached hydrogen (secondary N) is 1. The first-order valence-electron chi connectivity index (χ1n) is 6.70. The molecule has 3 aromatic rings. The summed E-state index contributed by atoms with van der Waals surface area (Å²) in [4.78, 5) is 4.37. The number of hydrogen-bond donors (Lipinski definition) is 1. The molecule has 3 rings (SSSR count). The standard InChI is InChI=1S/C17H14Cl2N2/c1-11(13-8-7-12(18)10-15(13)19)21-17-6-2-5-16-14(17)4-3-9-20-16/h2-11,21H,1H3. The van der Waals surface area contributed by atoms with Crippen molar-refractivity contribution in [1.29, 1.82) is 0 Å². The Balaban J connectivity index is 1.94. The Bertz CT molecular complexity index is 781. The van der Waals surface area contributed by atoms with Crippen molar-refractivity contribution in [2.45, 2.75) is 13.0 Å². The molecule has 0 saturated heterocycles. The predicted octanol–water partition coefficient (Wildman–Crippen LogP) is 5.71. The lowest BCUT2D eigenvalue weighted by Gasteiger charge is -2.18. The highest BCUT2D eigenvalue weighted by atomic mass is 35.5. The van der Waals surface area contributed by atoms with Crippen molar-refractivity contribution in [3.63, 3.8) is 0 Å². The molecule has 1 heterocycles. The third kappa shape index (κ3) is 2.97. The van der Waals surface area contributed by atoms with Gasteiger partial charge < -0.3 is 5.32 Å². The molecule has 1 atom stereocenters. The smallest absolute Gasteiger partial charge is 0.0722 e. The van der Waals surface area contributed by atoms with Gasteiger partial charge in [0.2, 0.25) is 0 Å². The predicted molar refractivity (Wildman–Crippen MR) is 90.2 cm³/mol. The molecule has 1 unspecified atom stereocenters. The third-order valence-corrected chi connectivity index (χ3v) is 4.01. The molecule has 0 bridgehead atoms. The molecule has 0 radical (unpaired) electrons. The number of hydrogen-bond acceptors (Lipinski definition) is 2. The Morgan fingerprint density at radius 2 is 1.90 bits per heavy atom. The van der Waals surface area contributed by atoms with Gasteiger partial charge in [0.1, 0.15) is 0 Å². The summed E-state index contributed by atoms with van der Waals surface area (Å²) < 4.78 is 0. The van der Waals surface area contributed by atoms with Crippen LogP contribution in [0, 0.1) is 0 Å². The van der Waals surface area contributed by atoms with Crippen molar-refractivity contribution in [3.8, 4) is 0 Å². The van der Waals surface area contributed by atoms with Gasteiger partial charge in [-0.1, -0.05) is 35.3 Å². The van der Waals surface area contributed by atoms with Crippen LogP contribution in [0.25, 0.3) is 10.9 Å². The van der Waals surface area contributed by atoms with Gasteiger partial charge in [0.05, 0.1) is 11.6 Å². The molecule has 106 valence electrons. The van der Waals surface area contributed by atoms with E-state index in [9.17, 15) is 0 Å². The fourth-order valence-corrected chi connectivity index (χ4v) is 2.97. The lowest BCUT2D eigenvalue weighted by atomic mass is 10.1. The minimum absolute atomic E-state index is 0.0700. The van der Waals surface area contributed by atoms with E-state index < -0.39 is 0 Å². The highest BCUT2D eigenvalue weighted by molar-refractivity contribution is 6.35. The zero-order valence-corrected chi connectivity index (χ0v) is 13.0. The van der Waals surface area contributed by atoms with Gasteiger partial charge in [-0.05, 0) is 48.9 Å². The Morgan fingerprint density at radius 1 is 1.05 bits per heavy atom. The number of pyridine rings is 1. The van der Waals surface area contributed by atoms with Gasteiger partial charge in [-0.2, -0.15) is 0 Å². The molecular weight excluding hydrogens is 303 g/mol. The van der Waals surface area contributed by atoms with Crippen molar-refractivity contribution >= 4 is 39.8 Å². The molecule has 0 aliphatic rings. The number of halogens is 2. The van der Waals surface area contributed by atoms with Crippen molar-refractivity contribution in [3.05, 3.63) is 70.3 Å². The lowest BCUT2D eigenvalue weighted by molar-refractivity contribution is 0.887. The second-order valence-corrected chi connectivity index (χ2v) is 5.75. The molecule has 0 fully saturated rings. The van der Waals surface area contributed by atoms with Crippen LogP contribution in [-0.4, -0.2) is 4.98 Å². The zero-order chi connectivity index (χ0) is 14.8. The van der Waals surface area contributed by atoms with Crippen LogP contribution in [0.5, 0.6) is 0 Å². The van der Waals surface area contributed by atoms with Gasteiger partial charge in [0.15, 0.2) is 0 Å². The van der Waals surface area contributed by atoms with E-state index in [1.165, 1.54) is 0 Å². The van der Waals surface area contributed by atoms with Crippen LogP contribution in [0.3, 0.4) is 0 Å². The summed E-state index contributed by atoms with van der Waals surface area (Å²) in [5.74, 6) is 0.